The fourth-order valence-corrected chi connectivity index (χ4v) is 9.49. The number of hydrogen-bond donors (Lipinski definition) is 0. The van der Waals surface area contributed by atoms with Gasteiger partial charge in [-0.15, -0.1) is 0 Å². The van der Waals surface area contributed by atoms with E-state index in [1.54, 1.807) is 0 Å². The Morgan fingerprint density at radius 3 is 1.50 bits per heavy atom. The molecule has 0 heterocycles. The molecule has 56 heavy (non-hydrogen) atoms. The number of hydrogen-bond acceptors (Lipinski definition) is 1. The molecule has 1 heteroatoms. The minimum Gasteiger partial charge on any atom is -0.310 e. The summed E-state index contributed by atoms with van der Waals surface area (Å²) >= 11 is 0. The highest BCUT2D eigenvalue weighted by Gasteiger charge is 2.48. The van der Waals surface area contributed by atoms with Crippen molar-refractivity contribution in [1.29, 1.82) is 0 Å². The van der Waals surface area contributed by atoms with Gasteiger partial charge in [0.2, 0.25) is 0 Å². The lowest BCUT2D eigenvalue weighted by atomic mass is 9.66. The molecule has 0 radical (unpaired) electrons. The summed E-state index contributed by atoms with van der Waals surface area (Å²) in [6.07, 6.45) is 0. The Bertz CT molecular complexity index is 2970. The third-order valence-corrected chi connectivity index (χ3v) is 11.8. The second kappa shape index (κ2) is 13.0. The number of anilines is 3. The molecule has 0 spiro atoms. The van der Waals surface area contributed by atoms with Crippen LogP contribution in [0.5, 0.6) is 0 Å². The van der Waals surface area contributed by atoms with E-state index in [2.05, 4.69) is 229 Å². The zero-order valence-corrected chi connectivity index (χ0v) is 30.8. The summed E-state index contributed by atoms with van der Waals surface area (Å²) in [5.74, 6) is 0. The van der Waals surface area contributed by atoms with Gasteiger partial charge in [0.05, 0.1) is 5.41 Å². The normalized spacial score (nSPS) is 12.8. The fourth-order valence-electron chi connectivity index (χ4n) is 9.49. The van der Waals surface area contributed by atoms with Crippen molar-refractivity contribution in [2.75, 3.05) is 4.90 Å². The highest BCUT2D eigenvalue weighted by molar-refractivity contribution is 6.20. The third-order valence-electron chi connectivity index (χ3n) is 11.8. The van der Waals surface area contributed by atoms with Crippen molar-refractivity contribution in [2.45, 2.75) is 5.41 Å². The first kappa shape index (κ1) is 32.2. The maximum Gasteiger partial charge on any atom is 0.0720 e. The highest BCUT2D eigenvalue weighted by Crippen LogP contribution is 2.61. The average molecular weight is 712 g/mol. The maximum atomic E-state index is 2.49. The van der Waals surface area contributed by atoms with Crippen LogP contribution in [-0.4, -0.2) is 0 Å². The van der Waals surface area contributed by atoms with Crippen LogP contribution in [0.3, 0.4) is 0 Å². The Hall–Kier alpha value is -7.22. The Morgan fingerprint density at radius 1 is 0.321 bits per heavy atom. The average Bonchev–Trinajstić information content (AvgIpc) is 3.58. The largest absolute Gasteiger partial charge is 0.310 e. The van der Waals surface area contributed by atoms with E-state index in [0.717, 1.165) is 17.1 Å². The second-order valence-corrected chi connectivity index (χ2v) is 14.8. The molecule has 0 aliphatic heterocycles. The van der Waals surface area contributed by atoms with Gasteiger partial charge in [0.15, 0.2) is 0 Å². The van der Waals surface area contributed by atoms with Crippen LogP contribution >= 0.6 is 0 Å². The number of fused-ring (bicyclic) bond motifs is 9. The zero-order chi connectivity index (χ0) is 37.1. The minimum absolute atomic E-state index is 0.550. The molecule has 1 aliphatic carbocycles. The summed E-state index contributed by atoms with van der Waals surface area (Å²) in [6.45, 7) is 0. The molecule has 0 bridgehead atoms. The van der Waals surface area contributed by atoms with E-state index < -0.39 is 5.41 Å². The molecule has 11 rings (SSSR count). The van der Waals surface area contributed by atoms with Crippen LogP contribution in [0.1, 0.15) is 22.3 Å². The molecule has 262 valence electrons. The van der Waals surface area contributed by atoms with Crippen LogP contribution in [-0.2, 0) is 5.41 Å². The van der Waals surface area contributed by atoms with Gasteiger partial charge in [-0.05, 0) is 131 Å². The van der Waals surface area contributed by atoms with E-state index in [4.69, 9.17) is 0 Å². The first-order chi connectivity index (χ1) is 27.8. The van der Waals surface area contributed by atoms with E-state index in [0.29, 0.717) is 0 Å². The molecule has 0 amide bonds. The minimum atomic E-state index is -0.550. The van der Waals surface area contributed by atoms with E-state index in [1.807, 2.05) is 0 Å². The van der Waals surface area contributed by atoms with E-state index >= 15 is 0 Å². The van der Waals surface area contributed by atoms with Crippen molar-refractivity contribution in [3.63, 3.8) is 0 Å². The monoisotopic (exact) mass is 711 g/mol. The first-order valence-electron chi connectivity index (χ1n) is 19.4. The van der Waals surface area contributed by atoms with E-state index in [1.165, 1.54) is 76.8 Å². The van der Waals surface area contributed by atoms with Crippen molar-refractivity contribution in [3.05, 3.63) is 247 Å². The summed E-state index contributed by atoms with van der Waals surface area (Å²) in [6, 6.07) is 82.6. The van der Waals surface area contributed by atoms with Crippen LogP contribution in [0.25, 0.3) is 54.6 Å². The van der Waals surface area contributed by atoms with Gasteiger partial charge in [0.1, 0.15) is 0 Å². The number of rotatable bonds is 6. The van der Waals surface area contributed by atoms with Crippen LogP contribution in [0.4, 0.5) is 17.1 Å². The Labute approximate surface area is 327 Å². The molecular formula is C55H37N. The van der Waals surface area contributed by atoms with E-state index in [-0.39, 0.29) is 0 Å². The fraction of sp³-hybridized carbons (Fsp3) is 0.0182. The number of para-hydroxylation sites is 2. The molecule has 1 aliphatic rings. The van der Waals surface area contributed by atoms with E-state index in [9.17, 15) is 0 Å². The lowest BCUT2D eigenvalue weighted by Gasteiger charge is -2.35. The van der Waals surface area contributed by atoms with Crippen molar-refractivity contribution in [2.24, 2.45) is 0 Å². The molecule has 10 aromatic carbocycles. The number of nitrogens with zero attached hydrogens (tertiary/aromatic N) is 1. The highest BCUT2D eigenvalue weighted by atomic mass is 15.1. The molecule has 1 nitrogen and oxygen atoms in total. The van der Waals surface area contributed by atoms with Gasteiger partial charge in [-0.2, -0.15) is 0 Å². The lowest BCUT2D eigenvalue weighted by molar-refractivity contribution is 0.777. The molecule has 0 N–H and O–H groups in total. The Kier molecular flexibility index (Phi) is 7.47. The third kappa shape index (κ3) is 4.88. The summed E-state index contributed by atoms with van der Waals surface area (Å²) in [5.41, 5.74) is 13.1. The molecule has 0 saturated heterocycles. The molecule has 0 fully saturated rings. The summed E-state index contributed by atoms with van der Waals surface area (Å²) in [7, 11) is 0. The molecule has 0 aromatic heterocycles. The van der Waals surface area contributed by atoms with Crippen molar-refractivity contribution in [3.8, 4) is 22.3 Å². The van der Waals surface area contributed by atoms with Gasteiger partial charge in [0, 0.05) is 17.1 Å². The standard InChI is InChI=1S/C55H37N/c1-6-18-38(19-7-1)39-30-31-40-36-52-51(35-41(40)34-39)53-48-33-32-46(56(44-24-12-4-13-25-44)45-26-14-5-15-27-45)37-50(48)47-28-16-17-29-49(47)54(53)55(52,42-20-8-2-9-21-42)43-22-10-3-11-23-43/h1-37H. The number of benzene rings is 10. The second-order valence-electron chi connectivity index (χ2n) is 14.8. The van der Waals surface area contributed by atoms with Gasteiger partial charge >= 0.3 is 0 Å². The van der Waals surface area contributed by atoms with Gasteiger partial charge < -0.3 is 4.90 Å². The smallest absolute Gasteiger partial charge is 0.0720 e. The topological polar surface area (TPSA) is 3.24 Å². The summed E-state index contributed by atoms with van der Waals surface area (Å²) < 4.78 is 0. The predicted octanol–water partition coefficient (Wildman–Crippen LogP) is 14.6. The Balaban J connectivity index is 1.28. The first-order valence-corrected chi connectivity index (χ1v) is 19.4. The molecule has 0 unspecified atom stereocenters. The van der Waals surface area contributed by atoms with Crippen LogP contribution in [0.15, 0.2) is 224 Å². The quantitative estimate of drug-likeness (QED) is 0.155. The van der Waals surface area contributed by atoms with Gasteiger partial charge in [-0.1, -0.05) is 170 Å². The zero-order valence-electron chi connectivity index (χ0n) is 30.8. The van der Waals surface area contributed by atoms with Gasteiger partial charge in [-0.25, -0.2) is 0 Å². The van der Waals surface area contributed by atoms with Gasteiger partial charge in [0.25, 0.3) is 0 Å². The molecule has 0 saturated carbocycles. The van der Waals surface area contributed by atoms with Crippen LogP contribution < -0.4 is 4.90 Å². The summed E-state index contributed by atoms with van der Waals surface area (Å²) in [5, 5.41) is 7.52. The molecular weight excluding hydrogens is 675 g/mol. The van der Waals surface area contributed by atoms with Crippen molar-refractivity contribution >= 4 is 49.4 Å². The van der Waals surface area contributed by atoms with Gasteiger partial charge in [-0.3, -0.25) is 0 Å². The van der Waals surface area contributed by atoms with Crippen molar-refractivity contribution < 1.29 is 0 Å². The molecule has 10 aromatic rings. The summed E-state index contributed by atoms with van der Waals surface area (Å²) in [4.78, 5) is 2.37. The SMILES string of the molecule is c1ccc(-c2ccc3cc4c(cc3c2)-c2c(c3ccccc3c3cc(N(c5ccccc5)c5ccccc5)ccc23)C4(c2ccccc2)c2ccccc2)cc1. The van der Waals surface area contributed by atoms with Crippen molar-refractivity contribution in [1.82, 2.24) is 0 Å². The predicted molar refractivity (Wildman–Crippen MR) is 236 cm³/mol. The van der Waals surface area contributed by atoms with Crippen LogP contribution in [0, 0.1) is 0 Å². The van der Waals surface area contributed by atoms with Crippen LogP contribution in [0.2, 0.25) is 0 Å². The molecule has 0 atom stereocenters. The maximum absolute atomic E-state index is 2.49. The Morgan fingerprint density at radius 2 is 0.875 bits per heavy atom. The lowest BCUT2D eigenvalue weighted by Crippen LogP contribution is -2.28.